The van der Waals surface area contributed by atoms with Gasteiger partial charge in [0.2, 0.25) is 5.69 Å². The van der Waals surface area contributed by atoms with Gasteiger partial charge in [-0.15, -0.1) is 0 Å². The zero-order valence-corrected chi connectivity index (χ0v) is 11.4. The molecular formula is C15H15N3O3. The summed E-state index contributed by atoms with van der Waals surface area (Å²) in [4.78, 5) is 11.2. The summed E-state index contributed by atoms with van der Waals surface area (Å²) in [6, 6.07) is 11.3. The summed E-state index contributed by atoms with van der Waals surface area (Å²) in [6.45, 7) is 0.364. The summed E-state index contributed by atoms with van der Waals surface area (Å²) < 4.78 is 6.95. The van der Waals surface area contributed by atoms with Crippen LogP contribution < -0.4 is 4.74 Å². The Kier molecular flexibility index (Phi) is 4.94. The first-order valence-electron chi connectivity index (χ1n) is 6.60. The number of carboxylic acid groups (broad SMARTS) is 1. The number of para-hydroxylation sites is 1. The summed E-state index contributed by atoms with van der Waals surface area (Å²) in [5, 5.41) is 21.6. The maximum atomic E-state index is 11.2. The highest BCUT2D eigenvalue weighted by Gasteiger charge is 2.17. The minimum Gasteiger partial charge on any atom is -0.489 e. The Balaban J connectivity index is 2.11. The summed E-state index contributed by atoms with van der Waals surface area (Å²) in [6.07, 6.45) is 3.45. The molecule has 0 unspecified atom stereocenters. The van der Waals surface area contributed by atoms with Crippen LogP contribution in [0.4, 0.5) is 0 Å². The smallest absolute Gasteiger partial charge is 0.360 e. The van der Waals surface area contributed by atoms with Crippen LogP contribution in [0.2, 0.25) is 0 Å². The van der Waals surface area contributed by atoms with Gasteiger partial charge >= 0.3 is 5.97 Å². The normalized spacial score (nSPS) is 10.0. The van der Waals surface area contributed by atoms with Gasteiger partial charge < -0.3 is 9.84 Å². The Labute approximate surface area is 122 Å². The molecule has 0 aliphatic carbocycles. The number of aromatic carboxylic acids is 1. The zero-order chi connectivity index (χ0) is 15.1. The predicted molar refractivity (Wildman–Crippen MR) is 75.5 cm³/mol. The molecule has 0 saturated heterocycles. The van der Waals surface area contributed by atoms with Crippen molar-refractivity contribution in [1.29, 1.82) is 5.26 Å². The predicted octanol–water partition coefficient (Wildman–Crippen LogP) is 2.64. The molecule has 0 aliphatic rings. The second-order valence-corrected chi connectivity index (χ2v) is 4.39. The van der Waals surface area contributed by atoms with E-state index in [1.807, 2.05) is 30.3 Å². The second kappa shape index (κ2) is 7.10. The van der Waals surface area contributed by atoms with Gasteiger partial charge in [0.05, 0.1) is 24.6 Å². The molecule has 1 N–H and O–H groups in total. The Morgan fingerprint density at radius 2 is 2.10 bits per heavy atom. The zero-order valence-electron chi connectivity index (χ0n) is 11.4. The molecule has 0 fully saturated rings. The molecule has 0 spiro atoms. The number of rotatable bonds is 7. The molecule has 0 radical (unpaired) electrons. The molecule has 1 heterocycles. The van der Waals surface area contributed by atoms with Crippen molar-refractivity contribution in [2.75, 3.05) is 6.61 Å². The number of nitrogens with zero attached hydrogens (tertiary/aromatic N) is 3. The highest BCUT2D eigenvalue weighted by Crippen LogP contribution is 2.20. The molecule has 0 aliphatic heterocycles. The molecule has 0 atom stereocenters. The number of aromatic nitrogens is 2. The van der Waals surface area contributed by atoms with Gasteiger partial charge in [-0.05, 0) is 25.0 Å². The maximum absolute atomic E-state index is 11.2. The van der Waals surface area contributed by atoms with Gasteiger partial charge in [-0.25, -0.2) is 9.48 Å². The van der Waals surface area contributed by atoms with E-state index in [2.05, 4.69) is 11.2 Å². The summed E-state index contributed by atoms with van der Waals surface area (Å²) in [7, 11) is 0. The van der Waals surface area contributed by atoms with E-state index in [0.717, 1.165) is 12.1 Å². The van der Waals surface area contributed by atoms with E-state index in [9.17, 15) is 4.79 Å². The molecule has 6 nitrogen and oxygen atoms in total. The Hall–Kier alpha value is -2.81. The first-order chi connectivity index (χ1) is 10.2. The Bertz CT molecular complexity index is 644. The third-order valence-corrected chi connectivity index (χ3v) is 2.84. The lowest BCUT2D eigenvalue weighted by molar-refractivity contribution is 0.0685. The Morgan fingerprint density at radius 3 is 2.76 bits per heavy atom. The van der Waals surface area contributed by atoms with E-state index < -0.39 is 5.97 Å². The van der Waals surface area contributed by atoms with Crippen LogP contribution in [0.5, 0.6) is 5.75 Å². The summed E-state index contributed by atoms with van der Waals surface area (Å²) >= 11 is 0. The molecule has 0 saturated carbocycles. The number of unbranched alkanes of at least 4 members (excludes halogenated alkanes) is 2. The van der Waals surface area contributed by atoms with Crippen LogP contribution in [-0.2, 0) is 0 Å². The number of carboxylic acids is 1. The highest BCUT2D eigenvalue weighted by molar-refractivity contribution is 5.88. The average molecular weight is 285 g/mol. The van der Waals surface area contributed by atoms with E-state index in [1.165, 1.54) is 4.68 Å². The molecular weight excluding hydrogens is 270 g/mol. The fourth-order valence-electron chi connectivity index (χ4n) is 1.81. The van der Waals surface area contributed by atoms with Crippen molar-refractivity contribution in [3.05, 3.63) is 42.2 Å². The number of hydrogen-bond donors (Lipinski definition) is 1. The molecule has 21 heavy (non-hydrogen) atoms. The number of hydrogen-bond acceptors (Lipinski definition) is 4. The van der Waals surface area contributed by atoms with E-state index >= 15 is 0 Å². The second-order valence-electron chi connectivity index (χ2n) is 4.39. The van der Waals surface area contributed by atoms with Gasteiger partial charge in [0, 0.05) is 6.42 Å². The average Bonchev–Trinajstić information content (AvgIpc) is 2.92. The van der Waals surface area contributed by atoms with E-state index in [0.29, 0.717) is 19.4 Å². The van der Waals surface area contributed by atoms with E-state index in [1.54, 1.807) is 6.20 Å². The number of ether oxygens (including phenoxy) is 1. The summed E-state index contributed by atoms with van der Waals surface area (Å²) in [5.74, 6) is -0.889. The lowest BCUT2D eigenvalue weighted by Gasteiger charge is -2.02. The quantitative estimate of drug-likeness (QED) is 0.790. The molecule has 1 aromatic heterocycles. The van der Waals surface area contributed by atoms with Crippen LogP contribution in [0.1, 0.15) is 29.8 Å². The Morgan fingerprint density at radius 1 is 1.33 bits per heavy atom. The first kappa shape index (κ1) is 14.6. The minimum atomic E-state index is -1.13. The fourth-order valence-corrected chi connectivity index (χ4v) is 1.81. The monoisotopic (exact) mass is 285 g/mol. The molecule has 2 rings (SSSR count). The van der Waals surface area contributed by atoms with Crippen LogP contribution in [-0.4, -0.2) is 27.5 Å². The third kappa shape index (κ3) is 3.83. The van der Waals surface area contributed by atoms with Crippen molar-refractivity contribution in [3.63, 3.8) is 0 Å². The molecule has 0 amide bonds. The SMILES string of the molecule is N#CCCCCOc1cn(-c2ccccc2)nc1C(=O)O. The number of benzene rings is 1. The highest BCUT2D eigenvalue weighted by atomic mass is 16.5. The van der Waals surface area contributed by atoms with Gasteiger partial charge in [0.1, 0.15) is 0 Å². The van der Waals surface area contributed by atoms with Gasteiger partial charge in [-0.1, -0.05) is 18.2 Å². The van der Waals surface area contributed by atoms with Crippen molar-refractivity contribution >= 4 is 5.97 Å². The molecule has 0 bridgehead atoms. The van der Waals surface area contributed by atoms with Crippen LogP contribution in [0.15, 0.2) is 36.5 Å². The molecule has 2 aromatic rings. The van der Waals surface area contributed by atoms with Crippen molar-refractivity contribution in [2.45, 2.75) is 19.3 Å². The lowest BCUT2D eigenvalue weighted by atomic mass is 10.2. The molecule has 6 heteroatoms. The molecule has 1 aromatic carbocycles. The van der Waals surface area contributed by atoms with Crippen molar-refractivity contribution in [3.8, 4) is 17.5 Å². The van der Waals surface area contributed by atoms with Gasteiger partial charge in [-0.3, -0.25) is 0 Å². The topological polar surface area (TPSA) is 88.1 Å². The van der Waals surface area contributed by atoms with Crippen molar-refractivity contribution < 1.29 is 14.6 Å². The van der Waals surface area contributed by atoms with Gasteiger partial charge in [0.25, 0.3) is 0 Å². The number of carbonyl (C=O) groups is 1. The molecule has 108 valence electrons. The van der Waals surface area contributed by atoms with Crippen LogP contribution in [0.25, 0.3) is 5.69 Å². The van der Waals surface area contributed by atoms with Crippen molar-refractivity contribution in [1.82, 2.24) is 9.78 Å². The van der Waals surface area contributed by atoms with Gasteiger partial charge in [-0.2, -0.15) is 10.4 Å². The largest absolute Gasteiger partial charge is 0.489 e. The first-order valence-corrected chi connectivity index (χ1v) is 6.60. The van der Waals surface area contributed by atoms with Crippen molar-refractivity contribution in [2.24, 2.45) is 0 Å². The van der Waals surface area contributed by atoms with Crippen LogP contribution in [0, 0.1) is 11.3 Å². The maximum Gasteiger partial charge on any atom is 0.360 e. The van der Waals surface area contributed by atoms with Crippen LogP contribution in [0.3, 0.4) is 0 Å². The fraction of sp³-hybridized carbons (Fsp3) is 0.267. The van der Waals surface area contributed by atoms with E-state index in [-0.39, 0.29) is 11.4 Å². The van der Waals surface area contributed by atoms with Gasteiger partial charge in [0.15, 0.2) is 5.75 Å². The summed E-state index contributed by atoms with van der Waals surface area (Å²) in [5.41, 5.74) is 0.651. The lowest BCUT2D eigenvalue weighted by Crippen LogP contribution is -2.04. The number of nitriles is 1. The minimum absolute atomic E-state index is 0.112. The third-order valence-electron chi connectivity index (χ3n) is 2.84. The van der Waals surface area contributed by atoms with Crippen LogP contribution >= 0.6 is 0 Å². The standard InChI is InChI=1S/C15H15N3O3/c16-9-5-2-6-10-21-13-11-18(17-14(13)15(19)20)12-7-3-1-4-8-12/h1,3-4,7-8,11H,2,5-6,10H2,(H,19,20). The van der Waals surface area contributed by atoms with E-state index in [4.69, 9.17) is 15.1 Å².